The number of pyridine rings is 1. The molecule has 318 valence electrons. The molecule has 0 saturated carbocycles. The topological polar surface area (TPSA) is 61.4 Å². The highest BCUT2D eigenvalue weighted by Crippen LogP contribution is 2.40. The summed E-state index contributed by atoms with van der Waals surface area (Å²) in [5, 5.41) is 4.59. The number of nitrogens with zero attached hydrogens (tertiary/aromatic N) is 6. The number of aromatic nitrogens is 6. The standard InChI is InChI=1S/C62H40N6/c1-6-18-41(19-7-1)48-39-54(42-20-8-2-9-21-42)63-59(40-48)68-57-34-31-46(45-30-33-56-51(36-45)50-28-16-17-29-55(50)67(56)49-26-14-5-15-27-49)37-52(57)53-38-47(32-35-58(53)68)62-65-60(43-22-10-3-11-23-43)64-61(66-62)44-24-12-4-13-25-44/h1-40H. The van der Waals surface area contributed by atoms with E-state index in [1.165, 1.54) is 21.8 Å². The van der Waals surface area contributed by atoms with Gasteiger partial charge >= 0.3 is 0 Å². The van der Waals surface area contributed by atoms with Crippen molar-refractivity contribution in [3.63, 3.8) is 0 Å². The van der Waals surface area contributed by atoms with Crippen molar-refractivity contribution in [1.29, 1.82) is 0 Å². The van der Waals surface area contributed by atoms with E-state index in [4.69, 9.17) is 19.9 Å². The molecule has 0 aliphatic heterocycles. The van der Waals surface area contributed by atoms with Crippen LogP contribution in [0.1, 0.15) is 0 Å². The highest BCUT2D eigenvalue weighted by Gasteiger charge is 2.20. The molecule has 0 bridgehead atoms. The van der Waals surface area contributed by atoms with Crippen LogP contribution in [0.25, 0.3) is 123 Å². The number of fused-ring (bicyclic) bond motifs is 6. The van der Waals surface area contributed by atoms with Crippen LogP contribution in [-0.4, -0.2) is 29.1 Å². The number of hydrogen-bond donors (Lipinski definition) is 0. The second kappa shape index (κ2) is 16.3. The lowest BCUT2D eigenvalue weighted by Gasteiger charge is -2.13. The Hall–Kier alpha value is -9.26. The van der Waals surface area contributed by atoms with Crippen molar-refractivity contribution in [3.05, 3.63) is 243 Å². The Morgan fingerprint density at radius 3 is 1.22 bits per heavy atom. The fourth-order valence-electron chi connectivity index (χ4n) is 9.72. The first-order chi connectivity index (χ1) is 33.7. The molecule has 0 saturated heterocycles. The summed E-state index contributed by atoms with van der Waals surface area (Å²) >= 11 is 0. The third-order valence-corrected chi connectivity index (χ3v) is 13.0. The van der Waals surface area contributed by atoms with Gasteiger partial charge in [-0.15, -0.1) is 0 Å². The second-order valence-electron chi connectivity index (χ2n) is 17.1. The summed E-state index contributed by atoms with van der Waals surface area (Å²) in [6.45, 7) is 0. The van der Waals surface area contributed by atoms with Gasteiger partial charge in [0.25, 0.3) is 0 Å². The van der Waals surface area contributed by atoms with Crippen LogP contribution in [0.3, 0.4) is 0 Å². The van der Waals surface area contributed by atoms with Crippen LogP contribution < -0.4 is 0 Å². The van der Waals surface area contributed by atoms with Crippen molar-refractivity contribution in [2.75, 3.05) is 0 Å². The molecule has 4 heterocycles. The van der Waals surface area contributed by atoms with Gasteiger partial charge in [0.2, 0.25) is 0 Å². The van der Waals surface area contributed by atoms with Gasteiger partial charge in [-0.25, -0.2) is 19.9 Å². The zero-order valence-corrected chi connectivity index (χ0v) is 36.8. The Morgan fingerprint density at radius 2 is 0.647 bits per heavy atom. The van der Waals surface area contributed by atoms with E-state index < -0.39 is 0 Å². The zero-order valence-electron chi connectivity index (χ0n) is 36.8. The Labute approximate surface area is 392 Å². The van der Waals surface area contributed by atoms with E-state index >= 15 is 0 Å². The van der Waals surface area contributed by atoms with Gasteiger partial charge in [0.15, 0.2) is 17.5 Å². The Kier molecular flexibility index (Phi) is 9.39. The van der Waals surface area contributed by atoms with Crippen molar-refractivity contribution in [3.8, 4) is 79.2 Å². The maximum absolute atomic E-state index is 5.44. The molecule has 13 rings (SSSR count). The summed E-state index contributed by atoms with van der Waals surface area (Å²) in [4.78, 5) is 20.7. The van der Waals surface area contributed by atoms with Gasteiger partial charge in [0, 0.05) is 49.5 Å². The van der Waals surface area contributed by atoms with Crippen molar-refractivity contribution in [2.45, 2.75) is 0 Å². The average molecular weight is 869 g/mol. The van der Waals surface area contributed by atoms with Crippen molar-refractivity contribution in [2.24, 2.45) is 0 Å². The molecule has 0 atom stereocenters. The summed E-state index contributed by atoms with van der Waals surface area (Å²) in [6, 6.07) is 85.3. The quantitative estimate of drug-likeness (QED) is 0.153. The first kappa shape index (κ1) is 39.1. The van der Waals surface area contributed by atoms with E-state index in [1.807, 2.05) is 66.7 Å². The predicted octanol–water partition coefficient (Wildman–Crippen LogP) is 15.5. The first-order valence-corrected chi connectivity index (χ1v) is 22.9. The minimum Gasteiger partial charge on any atom is -0.309 e. The van der Waals surface area contributed by atoms with Gasteiger partial charge in [0.1, 0.15) is 5.82 Å². The van der Waals surface area contributed by atoms with E-state index in [0.717, 1.165) is 83.5 Å². The maximum Gasteiger partial charge on any atom is 0.164 e. The monoisotopic (exact) mass is 868 g/mol. The largest absolute Gasteiger partial charge is 0.309 e. The predicted molar refractivity (Wildman–Crippen MR) is 279 cm³/mol. The molecule has 68 heavy (non-hydrogen) atoms. The number of para-hydroxylation sites is 2. The SMILES string of the molecule is c1ccc(-c2cc(-c3ccccc3)nc(-n3c4ccc(-c5ccc6c(c5)c5ccccc5n6-c5ccccc5)cc4c4cc(-c5nc(-c6ccccc6)nc(-c6ccccc6)n5)ccc43)c2)cc1. The lowest BCUT2D eigenvalue weighted by molar-refractivity contribution is 1.07. The molecule has 6 heteroatoms. The molecule has 0 unspecified atom stereocenters. The van der Waals surface area contributed by atoms with Crippen LogP contribution >= 0.6 is 0 Å². The van der Waals surface area contributed by atoms with Crippen LogP contribution in [0, 0.1) is 0 Å². The summed E-state index contributed by atoms with van der Waals surface area (Å²) in [7, 11) is 0. The third-order valence-electron chi connectivity index (χ3n) is 13.0. The van der Waals surface area contributed by atoms with Gasteiger partial charge in [-0.1, -0.05) is 170 Å². The van der Waals surface area contributed by atoms with Gasteiger partial charge in [0.05, 0.1) is 27.8 Å². The lowest BCUT2D eigenvalue weighted by Crippen LogP contribution is -2.01. The molecule has 0 aliphatic rings. The molecule has 4 aromatic heterocycles. The van der Waals surface area contributed by atoms with Crippen LogP contribution in [-0.2, 0) is 0 Å². The molecule has 9 aromatic carbocycles. The Morgan fingerprint density at radius 1 is 0.235 bits per heavy atom. The summed E-state index contributed by atoms with van der Waals surface area (Å²) in [5.41, 5.74) is 14.8. The number of hydrogen-bond acceptors (Lipinski definition) is 4. The minimum atomic E-state index is 0.604. The van der Waals surface area contributed by atoms with Crippen LogP contribution in [0.2, 0.25) is 0 Å². The van der Waals surface area contributed by atoms with E-state index in [2.05, 4.69) is 185 Å². The summed E-state index contributed by atoms with van der Waals surface area (Å²) in [5.74, 6) is 2.68. The molecule has 0 aliphatic carbocycles. The number of benzene rings is 9. The normalized spacial score (nSPS) is 11.5. The molecule has 0 N–H and O–H groups in total. The van der Waals surface area contributed by atoms with E-state index in [-0.39, 0.29) is 0 Å². The fraction of sp³-hybridized carbons (Fsp3) is 0. The molecular formula is C62H40N6. The van der Waals surface area contributed by atoms with E-state index in [0.29, 0.717) is 17.5 Å². The number of rotatable bonds is 8. The van der Waals surface area contributed by atoms with Crippen LogP contribution in [0.5, 0.6) is 0 Å². The van der Waals surface area contributed by atoms with Gasteiger partial charge in [-0.3, -0.25) is 4.57 Å². The average Bonchev–Trinajstić information content (AvgIpc) is 3.93. The molecular weight excluding hydrogens is 829 g/mol. The molecule has 0 amide bonds. The molecule has 13 aromatic rings. The molecule has 6 nitrogen and oxygen atoms in total. The Balaban J connectivity index is 1.05. The van der Waals surface area contributed by atoms with Gasteiger partial charge in [-0.05, 0) is 95.1 Å². The summed E-state index contributed by atoms with van der Waals surface area (Å²) < 4.78 is 4.67. The third kappa shape index (κ3) is 6.82. The van der Waals surface area contributed by atoms with Crippen molar-refractivity contribution < 1.29 is 0 Å². The highest BCUT2D eigenvalue weighted by molar-refractivity contribution is 6.13. The smallest absolute Gasteiger partial charge is 0.164 e. The van der Waals surface area contributed by atoms with Gasteiger partial charge in [-0.2, -0.15) is 0 Å². The second-order valence-corrected chi connectivity index (χ2v) is 17.1. The maximum atomic E-state index is 5.44. The van der Waals surface area contributed by atoms with Gasteiger partial charge < -0.3 is 4.57 Å². The molecule has 0 radical (unpaired) electrons. The van der Waals surface area contributed by atoms with Crippen molar-refractivity contribution in [1.82, 2.24) is 29.1 Å². The minimum absolute atomic E-state index is 0.604. The van der Waals surface area contributed by atoms with Crippen LogP contribution in [0.4, 0.5) is 0 Å². The highest BCUT2D eigenvalue weighted by atomic mass is 15.1. The molecule has 0 fully saturated rings. The van der Waals surface area contributed by atoms with E-state index in [1.54, 1.807) is 0 Å². The summed E-state index contributed by atoms with van der Waals surface area (Å²) in [6.07, 6.45) is 0. The van der Waals surface area contributed by atoms with Crippen molar-refractivity contribution >= 4 is 43.6 Å². The van der Waals surface area contributed by atoms with Crippen LogP contribution in [0.15, 0.2) is 243 Å². The lowest BCUT2D eigenvalue weighted by atomic mass is 10.00. The Bertz CT molecular complexity index is 3880. The first-order valence-electron chi connectivity index (χ1n) is 22.9. The fourth-order valence-corrected chi connectivity index (χ4v) is 9.72. The molecule has 0 spiro atoms. The zero-order chi connectivity index (χ0) is 45.0. The van der Waals surface area contributed by atoms with E-state index in [9.17, 15) is 0 Å².